The Hall–Kier alpha value is -2.50. The standard InChI is InChI=1S/C14H15NO5/c1-9-7-10(20-15-9)8-19-14(16)11-5-4-6-12(17-2)13(11)18-3/h4-7H,8H2,1-3H3. The fourth-order valence-electron chi connectivity index (χ4n) is 1.75. The lowest BCUT2D eigenvalue weighted by Crippen LogP contribution is -2.07. The van der Waals surface area contributed by atoms with Gasteiger partial charge in [0.05, 0.1) is 19.9 Å². The second-order valence-electron chi connectivity index (χ2n) is 4.05. The molecular formula is C14H15NO5. The first-order valence-electron chi connectivity index (χ1n) is 5.96. The third kappa shape index (κ3) is 2.90. The highest BCUT2D eigenvalue weighted by Gasteiger charge is 2.18. The highest BCUT2D eigenvalue weighted by molar-refractivity contribution is 5.93. The van der Waals surface area contributed by atoms with E-state index in [4.69, 9.17) is 18.7 Å². The Morgan fingerprint density at radius 3 is 2.70 bits per heavy atom. The number of esters is 1. The molecule has 6 heteroatoms. The number of ether oxygens (including phenoxy) is 3. The van der Waals surface area contributed by atoms with E-state index in [1.165, 1.54) is 14.2 Å². The molecule has 0 unspecified atom stereocenters. The van der Waals surface area contributed by atoms with E-state index in [9.17, 15) is 4.79 Å². The molecule has 0 saturated heterocycles. The molecular weight excluding hydrogens is 262 g/mol. The van der Waals surface area contributed by atoms with Crippen molar-refractivity contribution in [3.8, 4) is 11.5 Å². The number of aryl methyl sites for hydroxylation is 1. The summed E-state index contributed by atoms with van der Waals surface area (Å²) in [7, 11) is 2.97. The first kappa shape index (κ1) is 13.9. The summed E-state index contributed by atoms with van der Waals surface area (Å²) in [5, 5.41) is 3.72. The van der Waals surface area contributed by atoms with Crippen LogP contribution in [-0.2, 0) is 11.3 Å². The Morgan fingerprint density at radius 2 is 2.10 bits per heavy atom. The number of methoxy groups -OCH3 is 2. The molecule has 0 saturated carbocycles. The molecule has 1 heterocycles. The molecule has 0 fully saturated rings. The first-order valence-corrected chi connectivity index (χ1v) is 5.96. The number of aromatic nitrogens is 1. The number of rotatable bonds is 5. The largest absolute Gasteiger partial charge is 0.493 e. The van der Waals surface area contributed by atoms with Crippen LogP contribution in [0.3, 0.4) is 0 Å². The van der Waals surface area contributed by atoms with Crippen molar-refractivity contribution in [1.82, 2.24) is 5.16 Å². The quantitative estimate of drug-likeness (QED) is 0.781. The van der Waals surface area contributed by atoms with E-state index < -0.39 is 5.97 Å². The highest BCUT2D eigenvalue weighted by Crippen LogP contribution is 2.31. The Morgan fingerprint density at radius 1 is 1.30 bits per heavy atom. The molecule has 6 nitrogen and oxygen atoms in total. The smallest absolute Gasteiger partial charge is 0.342 e. The van der Waals surface area contributed by atoms with Gasteiger partial charge in [0, 0.05) is 6.07 Å². The zero-order valence-electron chi connectivity index (χ0n) is 11.5. The lowest BCUT2D eigenvalue weighted by molar-refractivity contribution is 0.0433. The summed E-state index contributed by atoms with van der Waals surface area (Å²) >= 11 is 0. The fourth-order valence-corrected chi connectivity index (χ4v) is 1.75. The molecule has 0 aliphatic heterocycles. The minimum atomic E-state index is -0.519. The predicted octanol–water partition coefficient (Wildman–Crippen LogP) is 2.36. The summed E-state index contributed by atoms with van der Waals surface area (Å²) in [5.74, 6) is 0.777. The Balaban J connectivity index is 2.12. The average Bonchev–Trinajstić information content (AvgIpc) is 2.89. The van der Waals surface area contributed by atoms with Crippen molar-refractivity contribution in [3.63, 3.8) is 0 Å². The second kappa shape index (κ2) is 6.10. The average molecular weight is 277 g/mol. The van der Waals surface area contributed by atoms with Crippen molar-refractivity contribution in [1.29, 1.82) is 0 Å². The summed E-state index contributed by atoms with van der Waals surface area (Å²) in [6.07, 6.45) is 0. The highest BCUT2D eigenvalue weighted by atomic mass is 16.6. The van der Waals surface area contributed by atoms with E-state index >= 15 is 0 Å². The van der Waals surface area contributed by atoms with Gasteiger partial charge in [0.2, 0.25) is 0 Å². The van der Waals surface area contributed by atoms with Crippen molar-refractivity contribution in [2.45, 2.75) is 13.5 Å². The van der Waals surface area contributed by atoms with Crippen molar-refractivity contribution in [2.75, 3.05) is 14.2 Å². The van der Waals surface area contributed by atoms with Crippen LogP contribution in [0, 0.1) is 6.92 Å². The van der Waals surface area contributed by atoms with Crippen LogP contribution in [0.25, 0.3) is 0 Å². The maximum Gasteiger partial charge on any atom is 0.342 e. The number of carbonyl (C=O) groups excluding carboxylic acids is 1. The summed E-state index contributed by atoms with van der Waals surface area (Å²) in [6, 6.07) is 6.71. The molecule has 0 aliphatic carbocycles. The van der Waals surface area contributed by atoms with Crippen molar-refractivity contribution in [3.05, 3.63) is 41.3 Å². The molecule has 0 bridgehead atoms. The molecule has 0 radical (unpaired) electrons. The molecule has 2 rings (SSSR count). The van der Waals surface area contributed by atoms with Crippen molar-refractivity contribution >= 4 is 5.97 Å². The molecule has 0 N–H and O–H groups in total. The van der Waals surface area contributed by atoms with Gasteiger partial charge in [-0.05, 0) is 19.1 Å². The van der Waals surface area contributed by atoms with Gasteiger partial charge in [-0.3, -0.25) is 0 Å². The van der Waals surface area contributed by atoms with Crippen LogP contribution in [0.15, 0.2) is 28.8 Å². The van der Waals surface area contributed by atoms with E-state index in [0.717, 1.165) is 5.69 Å². The number of nitrogens with zero attached hydrogens (tertiary/aromatic N) is 1. The molecule has 2 aromatic rings. The van der Waals surface area contributed by atoms with Gasteiger partial charge < -0.3 is 18.7 Å². The number of hydrogen-bond donors (Lipinski definition) is 0. The van der Waals surface area contributed by atoms with Crippen LogP contribution in [0.1, 0.15) is 21.8 Å². The molecule has 0 aliphatic rings. The number of hydrogen-bond acceptors (Lipinski definition) is 6. The zero-order chi connectivity index (χ0) is 14.5. The Kier molecular flexibility index (Phi) is 4.24. The van der Waals surface area contributed by atoms with Crippen LogP contribution in [0.2, 0.25) is 0 Å². The van der Waals surface area contributed by atoms with E-state index in [-0.39, 0.29) is 6.61 Å². The van der Waals surface area contributed by atoms with Gasteiger partial charge in [0.15, 0.2) is 23.9 Å². The maximum absolute atomic E-state index is 12.1. The fraction of sp³-hybridized carbons (Fsp3) is 0.286. The molecule has 0 amide bonds. The summed E-state index contributed by atoms with van der Waals surface area (Å²) in [4.78, 5) is 12.1. The van der Waals surface area contributed by atoms with Crippen LogP contribution in [0.5, 0.6) is 11.5 Å². The monoisotopic (exact) mass is 277 g/mol. The SMILES string of the molecule is COc1cccc(C(=O)OCc2cc(C)no2)c1OC. The Bertz CT molecular complexity index is 605. The van der Waals surface area contributed by atoms with Gasteiger partial charge in [-0.25, -0.2) is 4.79 Å². The molecule has 0 atom stereocenters. The summed E-state index contributed by atoms with van der Waals surface area (Å²) in [6.45, 7) is 1.81. The van der Waals surface area contributed by atoms with Gasteiger partial charge in [-0.15, -0.1) is 0 Å². The second-order valence-corrected chi connectivity index (χ2v) is 4.05. The minimum absolute atomic E-state index is 0.0139. The third-order valence-electron chi connectivity index (χ3n) is 2.65. The van der Waals surface area contributed by atoms with Gasteiger partial charge >= 0.3 is 5.97 Å². The molecule has 1 aromatic heterocycles. The number of carbonyl (C=O) groups is 1. The lowest BCUT2D eigenvalue weighted by atomic mass is 10.2. The predicted molar refractivity (Wildman–Crippen MR) is 69.9 cm³/mol. The summed E-state index contributed by atoms with van der Waals surface area (Å²) < 4.78 is 20.4. The van der Waals surface area contributed by atoms with Crippen LogP contribution in [0.4, 0.5) is 0 Å². The van der Waals surface area contributed by atoms with Crippen LogP contribution < -0.4 is 9.47 Å². The molecule has 0 spiro atoms. The van der Waals surface area contributed by atoms with Crippen LogP contribution >= 0.6 is 0 Å². The van der Waals surface area contributed by atoms with E-state index in [0.29, 0.717) is 22.8 Å². The van der Waals surface area contributed by atoms with Crippen molar-refractivity contribution in [2.24, 2.45) is 0 Å². The normalized spacial score (nSPS) is 10.2. The van der Waals surface area contributed by atoms with Gasteiger partial charge in [-0.2, -0.15) is 0 Å². The zero-order valence-corrected chi connectivity index (χ0v) is 11.5. The van der Waals surface area contributed by atoms with Crippen molar-refractivity contribution < 1.29 is 23.5 Å². The third-order valence-corrected chi connectivity index (χ3v) is 2.65. The molecule has 1 aromatic carbocycles. The van der Waals surface area contributed by atoms with Crippen LogP contribution in [-0.4, -0.2) is 25.3 Å². The maximum atomic E-state index is 12.1. The molecule has 20 heavy (non-hydrogen) atoms. The first-order chi connectivity index (χ1) is 9.65. The van der Waals surface area contributed by atoms with E-state index in [1.807, 2.05) is 0 Å². The van der Waals surface area contributed by atoms with E-state index in [2.05, 4.69) is 5.16 Å². The van der Waals surface area contributed by atoms with Gasteiger partial charge in [-0.1, -0.05) is 11.2 Å². The van der Waals surface area contributed by atoms with Gasteiger partial charge in [0.1, 0.15) is 5.56 Å². The Labute approximate surface area is 116 Å². The summed E-state index contributed by atoms with van der Waals surface area (Å²) in [5.41, 5.74) is 1.03. The lowest BCUT2D eigenvalue weighted by Gasteiger charge is -2.11. The topological polar surface area (TPSA) is 70.8 Å². The number of para-hydroxylation sites is 1. The van der Waals surface area contributed by atoms with Gasteiger partial charge in [0.25, 0.3) is 0 Å². The minimum Gasteiger partial charge on any atom is -0.493 e. The number of benzene rings is 1. The molecule has 106 valence electrons. The van der Waals surface area contributed by atoms with E-state index in [1.54, 1.807) is 31.2 Å².